The average molecular weight is 468 g/mol. The molecule has 1 aliphatic rings. The molecule has 0 aliphatic heterocycles. The number of hydrogen-bond acceptors (Lipinski definition) is 3. The SMILES string of the molecule is CCNC(=NCc1nccc2ccccc12)NC1CC(OC)C1(C)C.I. The zero-order valence-corrected chi connectivity index (χ0v) is 18.3. The first-order valence-electron chi connectivity index (χ1n) is 8.96. The molecule has 1 heterocycles. The number of guanidine groups is 1. The Morgan fingerprint density at radius 1 is 1.31 bits per heavy atom. The van der Waals surface area contributed by atoms with Crippen molar-refractivity contribution >= 4 is 40.7 Å². The van der Waals surface area contributed by atoms with Crippen molar-refractivity contribution in [3.8, 4) is 0 Å². The summed E-state index contributed by atoms with van der Waals surface area (Å²) in [5, 5.41) is 9.26. The average Bonchev–Trinajstić information content (AvgIpc) is 2.62. The summed E-state index contributed by atoms with van der Waals surface area (Å²) in [6.07, 6.45) is 3.15. The molecule has 0 saturated heterocycles. The third-order valence-corrected chi connectivity index (χ3v) is 5.26. The second-order valence-corrected chi connectivity index (χ2v) is 7.15. The lowest BCUT2D eigenvalue weighted by Crippen LogP contribution is -2.63. The fourth-order valence-electron chi connectivity index (χ4n) is 3.48. The molecule has 3 rings (SSSR count). The van der Waals surface area contributed by atoms with Gasteiger partial charge in [-0.05, 0) is 24.8 Å². The third kappa shape index (κ3) is 4.28. The van der Waals surface area contributed by atoms with Crippen molar-refractivity contribution < 1.29 is 4.74 Å². The second kappa shape index (κ2) is 8.99. The molecule has 1 saturated carbocycles. The van der Waals surface area contributed by atoms with Crippen molar-refractivity contribution in [3.63, 3.8) is 0 Å². The molecule has 1 aromatic carbocycles. The predicted octanol–water partition coefficient (Wildman–Crippen LogP) is 3.72. The summed E-state index contributed by atoms with van der Waals surface area (Å²) in [4.78, 5) is 9.29. The summed E-state index contributed by atoms with van der Waals surface area (Å²) in [5.41, 5.74) is 1.10. The Balaban J connectivity index is 0.00000243. The molecule has 1 aliphatic carbocycles. The minimum atomic E-state index is 0. The van der Waals surface area contributed by atoms with Gasteiger partial charge in [0.15, 0.2) is 5.96 Å². The number of nitrogens with zero attached hydrogens (tertiary/aromatic N) is 2. The van der Waals surface area contributed by atoms with E-state index >= 15 is 0 Å². The van der Waals surface area contributed by atoms with Gasteiger partial charge in [-0.1, -0.05) is 38.1 Å². The maximum atomic E-state index is 5.54. The molecule has 0 spiro atoms. The molecule has 142 valence electrons. The van der Waals surface area contributed by atoms with Gasteiger partial charge in [0.2, 0.25) is 0 Å². The summed E-state index contributed by atoms with van der Waals surface area (Å²) >= 11 is 0. The smallest absolute Gasteiger partial charge is 0.191 e. The number of nitrogens with one attached hydrogen (secondary N) is 2. The number of aliphatic imine (C=N–C) groups is 1. The van der Waals surface area contributed by atoms with Gasteiger partial charge in [-0.3, -0.25) is 4.98 Å². The fourth-order valence-corrected chi connectivity index (χ4v) is 3.48. The van der Waals surface area contributed by atoms with Crippen molar-refractivity contribution in [3.05, 3.63) is 42.2 Å². The van der Waals surface area contributed by atoms with E-state index in [9.17, 15) is 0 Å². The Labute approximate surface area is 173 Å². The highest BCUT2D eigenvalue weighted by molar-refractivity contribution is 14.0. The largest absolute Gasteiger partial charge is 0.381 e. The Hall–Kier alpha value is -1.41. The monoisotopic (exact) mass is 468 g/mol. The van der Waals surface area contributed by atoms with E-state index in [1.807, 2.05) is 24.4 Å². The zero-order chi connectivity index (χ0) is 17.9. The maximum Gasteiger partial charge on any atom is 0.191 e. The van der Waals surface area contributed by atoms with Crippen molar-refractivity contribution in [1.82, 2.24) is 15.6 Å². The van der Waals surface area contributed by atoms with Crippen molar-refractivity contribution in [2.75, 3.05) is 13.7 Å². The van der Waals surface area contributed by atoms with Crippen LogP contribution in [-0.4, -0.2) is 36.7 Å². The Morgan fingerprint density at radius 2 is 2.08 bits per heavy atom. The second-order valence-electron chi connectivity index (χ2n) is 7.15. The van der Waals surface area contributed by atoms with Crippen LogP contribution in [0.3, 0.4) is 0 Å². The van der Waals surface area contributed by atoms with E-state index in [0.29, 0.717) is 18.7 Å². The number of rotatable bonds is 5. The van der Waals surface area contributed by atoms with E-state index < -0.39 is 0 Å². The molecule has 2 N–H and O–H groups in total. The molecule has 1 fully saturated rings. The van der Waals surface area contributed by atoms with Gasteiger partial charge in [0.05, 0.1) is 18.3 Å². The van der Waals surface area contributed by atoms with Gasteiger partial charge < -0.3 is 15.4 Å². The molecule has 2 unspecified atom stereocenters. The molecule has 0 amide bonds. The molecule has 0 bridgehead atoms. The van der Waals surface area contributed by atoms with Gasteiger partial charge in [-0.25, -0.2) is 4.99 Å². The predicted molar refractivity (Wildman–Crippen MR) is 118 cm³/mol. The van der Waals surface area contributed by atoms with Crippen LogP contribution in [0.2, 0.25) is 0 Å². The summed E-state index contributed by atoms with van der Waals surface area (Å²) in [5.74, 6) is 0.838. The van der Waals surface area contributed by atoms with Crippen LogP contribution < -0.4 is 10.6 Å². The third-order valence-electron chi connectivity index (χ3n) is 5.26. The van der Waals surface area contributed by atoms with Gasteiger partial charge in [0, 0.05) is 36.7 Å². The van der Waals surface area contributed by atoms with E-state index in [1.165, 1.54) is 5.39 Å². The van der Waals surface area contributed by atoms with Crippen LogP contribution in [0.1, 0.15) is 32.9 Å². The van der Waals surface area contributed by atoms with Gasteiger partial charge in [-0.2, -0.15) is 0 Å². The Morgan fingerprint density at radius 3 is 2.77 bits per heavy atom. The highest BCUT2D eigenvalue weighted by atomic mass is 127. The quantitative estimate of drug-likeness (QED) is 0.399. The van der Waals surface area contributed by atoms with Gasteiger partial charge >= 0.3 is 0 Å². The molecular formula is C20H29IN4O. The first kappa shape index (κ1) is 20.9. The van der Waals surface area contributed by atoms with Crippen LogP contribution in [0.5, 0.6) is 0 Å². The number of aromatic nitrogens is 1. The normalized spacial score (nSPS) is 21.6. The zero-order valence-electron chi connectivity index (χ0n) is 16.0. The van der Waals surface area contributed by atoms with Crippen LogP contribution in [0.4, 0.5) is 0 Å². The first-order chi connectivity index (χ1) is 12.1. The van der Waals surface area contributed by atoms with Crippen LogP contribution in [-0.2, 0) is 11.3 Å². The van der Waals surface area contributed by atoms with Gasteiger partial charge in [0.1, 0.15) is 0 Å². The van der Waals surface area contributed by atoms with Crippen LogP contribution in [0.25, 0.3) is 10.8 Å². The Kier molecular flexibility index (Phi) is 7.23. The number of hydrogen-bond donors (Lipinski definition) is 2. The lowest BCUT2D eigenvalue weighted by atomic mass is 9.64. The van der Waals surface area contributed by atoms with Crippen LogP contribution in [0, 0.1) is 5.41 Å². The highest BCUT2D eigenvalue weighted by Gasteiger charge is 2.48. The summed E-state index contributed by atoms with van der Waals surface area (Å²) in [6.45, 7) is 7.93. The molecule has 2 atom stereocenters. The lowest BCUT2D eigenvalue weighted by molar-refractivity contribution is -0.0922. The summed E-state index contributed by atoms with van der Waals surface area (Å²) in [6, 6.07) is 10.7. The fraction of sp³-hybridized carbons (Fsp3) is 0.500. The van der Waals surface area contributed by atoms with Gasteiger partial charge in [-0.15, -0.1) is 24.0 Å². The molecule has 2 aromatic rings. The van der Waals surface area contributed by atoms with E-state index in [-0.39, 0.29) is 29.4 Å². The molecule has 26 heavy (non-hydrogen) atoms. The minimum Gasteiger partial charge on any atom is -0.381 e. The summed E-state index contributed by atoms with van der Waals surface area (Å²) < 4.78 is 5.54. The van der Waals surface area contributed by atoms with E-state index in [4.69, 9.17) is 9.73 Å². The van der Waals surface area contributed by atoms with Crippen LogP contribution in [0.15, 0.2) is 41.5 Å². The van der Waals surface area contributed by atoms with Crippen molar-refractivity contribution in [2.24, 2.45) is 10.4 Å². The number of fused-ring (bicyclic) bond motifs is 1. The molecule has 6 heteroatoms. The standard InChI is InChI=1S/C20H28N4O.HI/c1-5-21-19(24-17-12-18(25-4)20(17,2)3)23-13-16-15-9-7-6-8-14(15)10-11-22-16;/h6-11,17-18H,5,12-13H2,1-4H3,(H2,21,23,24);1H. The maximum absolute atomic E-state index is 5.54. The van der Waals surface area contributed by atoms with Gasteiger partial charge in [0.25, 0.3) is 0 Å². The number of ether oxygens (including phenoxy) is 1. The van der Waals surface area contributed by atoms with Crippen LogP contribution >= 0.6 is 24.0 Å². The number of halogens is 1. The topological polar surface area (TPSA) is 58.5 Å². The minimum absolute atomic E-state index is 0. The summed E-state index contributed by atoms with van der Waals surface area (Å²) in [7, 11) is 1.79. The molecule has 5 nitrogen and oxygen atoms in total. The molecular weight excluding hydrogens is 439 g/mol. The first-order valence-corrected chi connectivity index (χ1v) is 8.96. The van der Waals surface area contributed by atoms with E-state index in [2.05, 4.69) is 48.5 Å². The molecule has 1 aromatic heterocycles. The molecule has 0 radical (unpaired) electrons. The highest BCUT2D eigenvalue weighted by Crippen LogP contribution is 2.42. The van der Waals surface area contributed by atoms with Crippen molar-refractivity contribution in [1.29, 1.82) is 0 Å². The lowest BCUT2D eigenvalue weighted by Gasteiger charge is -2.51. The number of benzene rings is 1. The van der Waals surface area contributed by atoms with E-state index in [1.54, 1.807) is 7.11 Å². The van der Waals surface area contributed by atoms with E-state index in [0.717, 1.165) is 30.0 Å². The number of pyridine rings is 1. The Bertz CT molecular complexity index is 757. The number of methoxy groups -OCH3 is 1. The van der Waals surface area contributed by atoms with Crippen molar-refractivity contribution in [2.45, 2.75) is 45.9 Å².